The predicted octanol–water partition coefficient (Wildman–Crippen LogP) is 5.11. The van der Waals surface area contributed by atoms with E-state index in [-0.39, 0.29) is 33.0 Å². The quantitative estimate of drug-likeness (QED) is 0.361. The lowest BCUT2D eigenvalue weighted by atomic mass is 10.0. The third-order valence-corrected chi connectivity index (χ3v) is 8.43. The van der Waals surface area contributed by atoms with E-state index in [4.69, 9.17) is 0 Å². The van der Waals surface area contributed by atoms with E-state index in [2.05, 4.69) is 20.6 Å². The minimum atomic E-state index is -3.10. The van der Waals surface area contributed by atoms with Crippen LogP contribution in [0, 0.1) is 5.92 Å². The summed E-state index contributed by atoms with van der Waals surface area (Å²) < 4.78 is 56.8. The van der Waals surface area contributed by atoms with Crippen molar-refractivity contribution in [1.29, 1.82) is 0 Å². The average Bonchev–Trinajstić information content (AvgIpc) is 3.52. The van der Waals surface area contributed by atoms with Crippen LogP contribution in [0.4, 0.5) is 23.4 Å². The monoisotopic (exact) mass is 571 g/mol. The number of carbonyl (C=O) groups excluding carboxylic acids is 2. The molecule has 1 aliphatic carbocycles. The van der Waals surface area contributed by atoms with E-state index in [1.165, 1.54) is 33.0 Å². The number of hydrogen-bond acceptors (Lipinski definition) is 7. The van der Waals surface area contributed by atoms with Crippen molar-refractivity contribution in [3.05, 3.63) is 28.5 Å². The van der Waals surface area contributed by atoms with Crippen LogP contribution in [0.1, 0.15) is 86.2 Å². The first-order valence-corrected chi connectivity index (χ1v) is 13.7. The topological polar surface area (TPSA) is 107 Å². The molecule has 2 fully saturated rings. The van der Waals surface area contributed by atoms with Gasteiger partial charge in [-0.1, -0.05) is 0 Å². The number of carbonyl (C=O) groups is 2. The summed E-state index contributed by atoms with van der Waals surface area (Å²) in [6.07, 6.45) is -0.210. The number of aromatic nitrogens is 2. The Bertz CT molecular complexity index is 1240. The Morgan fingerprint density at radius 2 is 1.92 bits per heavy atom. The van der Waals surface area contributed by atoms with E-state index in [9.17, 15) is 32.3 Å². The maximum absolute atomic E-state index is 14.3. The van der Waals surface area contributed by atoms with Gasteiger partial charge in [0.2, 0.25) is 0 Å². The van der Waals surface area contributed by atoms with Crippen molar-refractivity contribution in [1.82, 2.24) is 20.2 Å². The highest BCUT2D eigenvalue weighted by Gasteiger charge is 2.46. The van der Waals surface area contributed by atoms with Gasteiger partial charge in [-0.25, -0.2) is 27.5 Å². The highest BCUT2D eigenvalue weighted by Crippen LogP contribution is 2.41. The summed E-state index contributed by atoms with van der Waals surface area (Å²) >= 11 is 0.694. The molecule has 214 valence electrons. The number of amides is 2. The molecule has 1 saturated heterocycles. The van der Waals surface area contributed by atoms with Crippen molar-refractivity contribution in [2.75, 3.05) is 11.9 Å². The molecule has 39 heavy (non-hydrogen) atoms. The fourth-order valence-corrected chi connectivity index (χ4v) is 5.46. The van der Waals surface area contributed by atoms with Gasteiger partial charge in [-0.3, -0.25) is 9.59 Å². The number of nitrogens with zero attached hydrogens (tertiary/aromatic N) is 3. The minimum Gasteiger partial charge on any atom is -0.388 e. The Labute approximate surface area is 228 Å². The summed E-state index contributed by atoms with van der Waals surface area (Å²) in [7, 11) is 0. The zero-order chi connectivity index (χ0) is 28.9. The van der Waals surface area contributed by atoms with Gasteiger partial charge in [0.25, 0.3) is 24.2 Å². The van der Waals surface area contributed by atoms with Crippen molar-refractivity contribution in [2.24, 2.45) is 5.92 Å². The molecule has 1 saturated carbocycles. The lowest BCUT2D eigenvalue weighted by Gasteiger charge is -2.26. The summed E-state index contributed by atoms with van der Waals surface area (Å²) in [5, 5.41) is 15.7. The zero-order valence-corrected chi connectivity index (χ0v) is 23.2. The Hall–Kier alpha value is -2.80. The number of alkyl halides is 4. The lowest BCUT2D eigenvalue weighted by molar-refractivity contribution is 0.0118. The molecule has 2 aromatic heterocycles. The molecule has 2 amide bonds. The Kier molecular flexibility index (Phi) is 7.96. The number of thiazole rings is 1. The number of aliphatic hydroxyl groups is 1. The second-order valence-corrected chi connectivity index (χ2v) is 12.1. The van der Waals surface area contributed by atoms with E-state index in [0.29, 0.717) is 17.3 Å². The lowest BCUT2D eigenvalue weighted by Crippen LogP contribution is -2.47. The number of rotatable bonds is 9. The molecule has 2 aromatic rings. The molecule has 1 aliphatic heterocycles. The van der Waals surface area contributed by atoms with Gasteiger partial charge in [0, 0.05) is 35.8 Å². The van der Waals surface area contributed by atoms with Crippen LogP contribution in [-0.2, 0) is 0 Å². The van der Waals surface area contributed by atoms with Crippen LogP contribution in [0.25, 0.3) is 10.4 Å². The van der Waals surface area contributed by atoms with E-state index in [1.807, 2.05) is 6.92 Å². The van der Waals surface area contributed by atoms with Crippen molar-refractivity contribution >= 4 is 29.0 Å². The molecule has 0 bridgehead atoms. The largest absolute Gasteiger partial charge is 0.388 e. The Balaban J connectivity index is 1.76. The fourth-order valence-electron chi connectivity index (χ4n) is 4.47. The van der Waals surface area contributed by atoms with E-state index in [1.54, 1.807) is 6.92 Å². The summed E-state index contributed by atoms with van der Waals surface area (Å²) in [4.78, 5) is 35.8. The van der Waals surface area contributed by atoms with Crippen LogP contribution < -0.4 is 10.6 Å². The summed E-state index contributed by atoms with van der Waals surface area (Å²) in [6.45, 7) is 7.13. The summed E-state index contributed by atoms with van der Waals surface area (Å²) in [5.41, 5.74) is -2.19. The molecule has 4 rings (SSSR count). The van der Waals surface area contributed by atoms with E-state index >= 15 is 0 Å². The smallest absolute Gasteiger partial charge is 0.280 e. The second-order valence-electron chi connectivity index (χ2n) is 11.1. The van der Waals surface area contributed by atoms with Crippen LogP contribution in [0.5, 0.6) is 0 Å². The van der Waals surface area contributed by atoms with Crippen LogP contribution in [0.15, 0.2) is 12.3 Å². The molecule has 3 N–H and O–H groups in total. The first-order valence-electron chi connectivity index (χ1n) is 12.8. The van der Waals surface area contributed by atoms with Crippen LogP contribution in [-0.4, -0.2) is 68.0 Å². The third-order valence-electron chi connectivity index (χ3n) is 7.34. The van der Waals surface area contributed by atoms with Gasteiger partial charge < -0.3 is 20.6 Å². The molecule has 2 aliphatic rings. The molecule has 2 unspecified atom stereocenters. The van der Waals surface area contributed by atoms with Crippen molar-refractivity contribution in [3.8, 4) is 10.4 Å². The van der Waals surface area contributed by atoms with Gasteiger partial charge in [-0.2, -0.15) is 0 Å². The summed E-state index contributed by atoms with van der Waals surface area (Å²) in [5.74, 6) is -4.03. The predicted molar refractivity (Wildman–Crippen MR) is 139 cm³/mol. The molecular weight excluding hydrogens is 538 g/mol. The fraction of sp³-hybridized carbons (Fsp3) is 0.615. The molecule has 13 heteroatoms. The number of hydrogen-bond donors (Lipinski definition) is 3. The van der Waals surface area contributed by atoms with Crippen molar-refractivity contribution in [3.63, 3.8) is 0 Å². The molecule has 0 radical (unpaired) electrons. The first-order chi connectivity index (χ1) is 18.1. The number of nitrogens with one attached hydrogen (secondary N) is 2. The number of anilines is 1. The maximum Gasteiger partial charge on any atom is 0.280 e. The molecule has 0 aromatic carbocycles. The molecule has 3 atom stereocenters. The number of likely N-dealkylation sites (tertiary alicyclic amines) is 1. The van der Waals surface area contributed by atoms with Crippen LogP contribution in [0.2, 0.25) is 0 Å². The van der Waals surface area contributed by atoms with Crippen molar-refractivity contribution < 1.29 is 32.3 Å². The molecule has 0 spiro atoms. The zero-order valence-electron chi connectivity index (χ0n) is 22.4. The second kappa shape index (κ2) is 10.6. The summed E-state index contributed by atoms with van der Waals surface area (Å²) in [6, 6.07) is -0.292. The van der Waals surface area contributed by atoms with E-state index in [0.717, 1.165) is 17.7 Å². The normalized spacial score (nSPS) is 20.7. The first kappa shape index (κ1) is 29.2. The average molecular weight is 572 g/mol. The third kappa shape index (κ3) is 6.51. The standard InChI is InChI=1S/C26H33F4N5O3S/c1-12-9-26(29,30)11-35(12)24(37)19-20(39-23(34-19)22(36)33-14(3)25(4,5)38)17-10-31-18(8-16(17)21(27)28)32-13(2)15-6-7-15/h8,10,12-15,21,38H,6-7,9,11H2,1-5H3,(H,31,32)(H,33,36)/t12-,13?,14?/m0/s1. The molecule has 8 nitrogen and oxygen atoms in total. The molecule has 3 heterocycles. The van der Waals surface area contributed by atoms with Gasteiger partial charge in [0.1, 0.15) is 11.5 Å². The van der Waals surface area contributed by atoms with Gasteiger partial charge in [0.15, 0.2) is 5.01 Å². The highest BCUT2D eigenvalue weighted by molar-refractivity contribution is 7.17. The number of pyridine rings is 1. The van der Waals surface area contributed by atoms with Crippen LogP contribution in [0.3, 0.4) is 0 Å². The van der Waals surface area contributed by atoms with Gasteiger partial charge >= 0.3 is 0 Å². The highest BCUT2D eigenvalue weighted by atomic mass is 32.1. The maximum atomic E-state index is 14.3. The van der Waals surface area contributed by atoms with Gasteiger partial charge in [-0.15, -0.1) is 11.3 Å². The Morgan fingerprint density at radius 1 is 1.26 bits per heavy atom. The van der Waals surface area contributed by atoms with Crippen molar-refractivity contribution in [2.45, 2.75) is 90.0 Å². The van der Waals surface area contributed by atoms with Gasteiger partial charge in [0.05, 0.1) is 23.1 Å². The van der Waals surface area contributed by atoms with E-state index < -0.39 is 60.4 Å². The van der Waals surface area contributed by atoms with Crippen LogP contribution >= 0.6 is 11.3 Å². The number of halogens is 4. The molecular formula is C26H33F4N5O3S. The minimum absolute atomic E-state index is 0.0424. The Morgan fingerprint density at radius 3 is 2.46 bits per heavy atom. The SMILES string of the molecule is CC(Nc1cc(C(F)F)c(-c2sc(C(=O)NC(C)C(C)(C)O)nc2C(=O)N2CC(F)(F)C[C@@H]2C)cn1)C1CC1. The van der Waals surface area contributed by atoms with Gasteiger partial charge in [-0.05, 0) is 59.4 Å².